The van der Waals surface area contributed by atoms with E-state index in [0.717, 1.165) is 0 Å². The van der Waals surface area contributed by atoms with E-state index < -0.39 is 5.76 Å². The van der Waals surface area contributed by atoms with Crippen LogP contribution in [0, 0.1) is 0 Å². The maximum Gasteiger partial charge on any atom is 0.417 e. The summed E-state index contributed by atoms with van der Waals surface area (Å²) in [5.41, 5.74) is 7.21. The quantitative estimate of drug-likeness (QED) is 0.671. The van der Waals surface area contributed by atoms with Crippen LogP contribution in [0.3, 0.4) is 0 Å². The smallest absolute Gasteiger partial charge is 0.407 e. The second kappa shape index (κ2) is 2.38. The van der Waals surface area contributed by atoms with Crippen LogP contribution in [0.4, 0.5) is 5.69 Å². The lowest BCUT2D eigenvalue weighted by molar-refractivity contribution is 0.554. The summed E-state index contributed by atoms with van der Waals surface area (Å²) >= 11 is 3.23. The monoisotopic (exact) mass is 228 g/mol. The third-order valence-electron chi connectivity index (χ3n) is 1.50. The molecular weight excluding hydrogens is 224 g/mol. The Labute approximate surface area is 75.5 Å². The summed E-state index contributed by atoms with van der Waals surface area (Å²) in [6.07, 6.45) is 0. The van der Waals surface area contributed by atoms with Gasteiger partial charge in [0.1, 0.15) is 0 Å². The lowest BCUT2D eigenvalue weighted by atomic mass is 10.3. The average Bonchev–Trinajstić information content (AvgIpc) is 2.29. The molecule has 1 aromatic carbocycles. The number of halogens is 1. The molecule has 0 aliphatic heterocycles. The van der Waals surface area contributed by atoms with Gasteiger partial charge in [0.15, 0.2) is 5.58 Å². The number of anilines is 1. The first-order chi connectivity index (χ1) is 5.66. The predicted octanol–water partition coefficient (Wildman–Crippen LogP) is 1.47. The summed E-state index contributed by atoms with van der Waals surface area (Å²) in [4.78, 5) is 13.3. The summed E-state index contributed by atoms with van der Waals surface area (Å²) in [7, 11) is 0. The zero-order valence-electron chi connectivity index (χ0n) is 5.93. The van der Waals surface area contributed by atoms with E-state index in [1.165, 1.54) is 0 Å². The molecule has 0 atom stereocenters. The summed E-state index contributed by atoms with van der Waals surface area (Å²) in [5, 5.41) is 0. The zero-order chi connectivity index (χ0) is 8.72. The topological polar surface area (TPSA) is 72.0 Å². The van der Waals surface area contributed by atoms with Crippen LogP contribution in [-0.2, 0) is 0 Å². The molecular formula is C7H5BrN2O2. The van der Waals surface area contributed by atoms with Gasteiger partial charge in [-0.1, -0.05) is 0 Å². The van der Waals surface area contributed by atoms with Gasteiger partial charge >= 0.3 is 5.76 Å². The lowest BCUT2D eigenvalue weighted by Crippen LogP contribution is -1.93. The summed E-state index contributed by atoms with van der Waals surface area (Å²) in [5.74, 6) is -0.476. The normalized spacial score (nSPS) is 10.8. The molecule has 0 amide bonds. The maximum absolute atomic E-state index is 10.8. The Balaban J connectivity index is 2.97. The van der Waals surface area contributed by atoms with Gasteiger partial charge in [0.2, 0.25) is 0 Å². The summed E-state index contributed by atoms with van der Waals surface area (Å²) in [6.45, 7) is 0. The van der Waals surface area contributed by atoms with Crippen molar-refractivity contribution in [2.24, 2.45) is 0 Å². The van der Waals surface area contributed by atoms with Crippen LogP contribution in [0.1, 0.15) is 0 Å². The zero-order valence-corrected chi connectivity index (χ0v) is 7.51. The minimum absolute atomic E-state index is 0.476. The van der Waals surface area contributed by atoms with Gasteiger partial charge in [-0.15, -0.1) is 0 Å². The molecule has 0 saturated heterocycles. The molecule has 2 rings (SSSR count). The molecule has 4 nitrogen and oxygen atoms in total. The van der Waals surface area contributed by atoms with Crippen LogP contribution >= 0.6 is 15.9 Å². The van der Waals surface area contributed by atoms with Crippen LogP contribution in [-0.4, -0.2) is 4.98 Å². The second-order valence-corrected chi connectivity index (χ2v) is 3.25. The van der Waals surface area contributed by atoms with E-state index in [1.54, 1.807) is 12.1 Å². The lowest BCUT2D eigenvalue weighted by Gasteiger charge is -1.93. The maximum atomic E-state index is 10.8. The third kappa shape index (κ3) is 1.02. The number of hydrogen-bond donors (Lipinski definition) is 2. The Morgan fingerprint density at radius 1 is 1.50 bits per heavy atom. The van der Waals surface area contributed by atoms with Gasteiger partial charge in [0.25, 0.3) is 0 Å². The van der Waals surface area contributed by atoms with E-state index in [9.17, 15) is 4.79 Å². The number of aromatic nitrogens is 1. The van der Waals surface area contributed by atoms with Crippen LogP contribution < -0.4 is 11.5 Å². The SMILES string of the molecule is Nc1cc(Br)c2oc(=O)[nH]c2c1. The van der Waals surface area contributed by atoms with Crippen molar-refractivity contribution in [3.8, 4) is 0 Å². The van der Waals surface area contributed by atoms with Gasteiger partial charge in [-0.25, -0.2) is 4.79 Å². The number of aromatic amines is 1. The molecule has 0 fully saturated rings. The van der Waals surface area contributed by atoms with Crippen LogP contribution in [0.2, 0.25) is 0 Å². The van der Waals surface area contributed by atoms with Crippen molar-refractivity contribution < 1.29 is 4.42 Å². The molecule has 0 bridgehead atoms. The molecule has 1 aromatic heterocycles. The number of nitrogen functional groups attached to an aromatic ring is 1. The number of hydrogen-bond acceptors (Lipinski definition) is 3. The van der Waals surface area contributed by atoms with E-state index in [0.29, 0.717) is 21.3 Å². The summed E-state index contributed by atoms with van der Waals surface area (Å²) < 4.78 is 5.52. The minimum atomic E-state index is -0.476. The molecule has 0 unspecified atom stereocenters. The van der Waals surface area contributed by atoms with Gasteiger partial charge in [-0.05, 0) is 28.1 Å². The van der Waals surface area contributed by atoms with Crippen molar-refractivity contribution in [2.45, 2.75) is 0 Å². The Bertz CT molecular complexity index is 486. The number of rotatable bonds is 0. The highest BCUT2D eigenvalue weighted by Crippen LogP contribution is 2.24. The fourth-order valence-electron chi connectivity index (χ4n) is 1.04. The molecule has 0 saturated carbocycles. The van der Waals surface area contributed by atoms with Gasteiger partial charge < -0.3 is 10.2 Å². The third-order valence-corrected chi connectivity index (χ3v) is 2.09. The number of fused-ring (bicyclic) bond motifs is 1. The molecule has 2 aromatic rings. The Hall–Kier alpha value is -1.23. The van der Waals surface area contributed by atoms with E-state index >= 15 is 0 Å². The highest BCUT2D eigenvalue weighted by Gasteiger charge is 2.05. The first kappa shape index (κ1) is 7.42. The fourth-order valence-corrected chi connectivity index (χ4v) is 1.60. The van der Waals surface area contributed by atoms with E-state index in [4.69, 9.17) is 10.2 Å². The first-order valence-electron chi connectivity index (χ1n) is 3.24. The number of oxazole rings is 1. The largest absolute Gasteiger partial charge is 0.417 e. The van der Waals surface area contributed by atoms with Gasteiger partial charge in [0.05, 0.1) is 9.99 Å². The number of H-pyrrole nitrogens is 1. The van der Waals surface area contributed by atoms with Crippen molar-refractivity contribution in [2.75, 3.05) is 5.73 Å². The van der Waals surface area contributed by atoms with Crippen LogP contribution in [0.5, 0.6) is 0 Å². The Morgan fingerprint density at radius 2 is 2.25 bits per heavy atom. The fraction of sp³-hybridized carbons (Fsp3) is 0. The van der Waals surface area contributed by atoms with Crippen molar-refractivity contribution >= 4 is 32.7 Å². The molecule has 0 aliphatic rings. The van der Waals surface area contributed by atoms with E-state index in [-0.39, 0.29) is 0 Å². The number of benzene rings is 1. The second-order valence-electron chi connectivity index (χ2n) is 2.39. The summed E-state index contributed by atoms with van der Waals surface area (Å²) in [6, 6.07) is 3.32. The van der Waals surface area contributed by atoms with E-state index in [1.807, 2.05) is 0 Å². The minimum Gasteiger partial charge on any atom is -0.407 e. The molecule has 3 N–H and O–H groups in total. The average molecular weight is 229 g/mol. The highest BCUT2D eigenvalue weighted by atomic mass is 79.9. The standard InChI is InChI=1S/C7H5BrN2O2/c8-4-1-3(9)2-5-6(4)12-7(11)10-5/h1-2H,9H2,(H,10,11). The molecule has 0 spiro atoms. The molecule has 1 heterocycles. The first-order valence-corrected chi connectivity index (χ1v) is 4.04. The van der Waals surface area contributed by atoms with Gasteiger partial charge in [-0.3, -0.25) is 4.98 Å². The van der Waals surface area contributed by atoms with Crippen LogP contribution in [0.15, 0.2) is 25.8 Å². The molecule has 5 heteroatoms. The van der Waals surface area contributed by atoms with E-state index in [2.05, 4.69) is 20.9 Å². The van der Waals surface area contributed by atoms with Crippen molar-refractivity contribution in [1.82, 2.24) is 4.98 Å². The van der Waals surface area contributed by atoms with Gasteiger partial charge in [0, 0.05) is 5.69 Å². The molecule has 0 radical (unpaired) electrons. The van der Waals surface area contributed by atoms with Crippen molar-refractivity contribution in [1.29, 1.82) is 0 Å². The van der Waals surface area contributed by atoms with Crippen molar-refractivity contribution in [3.63, 3.8) is 0 Å². The Morgan fingerprint density at radius 3 is 3.00 bits per heavy atom. The number of nitrogens with one attached hydrogen (secondary N) is 1. The van der Waals surface area contributed by atoms with Crippen LogP contribution in [0.25, 0.3) is 11.1 Å². The highest BCUT2D eigenvalue weighted by molar-refractivity contribution is 9.10. The van der Waals surface area contributed by atoms with Crippen molar-refractivity contribution in [3.05, 3.63) is 27.2 Å². The molecule has 12 heavy (non-hydrogen) atoms. The molecule has 0 aliphatic carbocycles. The Kier molecular flexibility index (Phi) is 1.47. The predicted molar refractivity (Wildman–Crippen MR) is 48.9 cm³/mol. The molecule has 62 valence electrons. The van der Waals surface area contributed by atoms with Gasteiger partial charge in [-0.2, -0.15) is 0 Å². The number of nitrogens with two attached hydrogens (primary N) is 1.